The fraction of sp³-hybridized carbons (Fsp3) is 0.562. The number of rotatable bonds is 4. The smallest absolute Gasteiger partial charge is 0.282 e. The summed E-state index contributed by atoms with van der Waals surface area (Å²) in [5.41, 5.74) is 0.0210. The van der Waals surface area contributed by atoms with Gasteiger partial charge in [0.2, 0.25) is 0 Å². The first kappa shape index (κ1) is 14.0. The number of amides is 1. The van der Waals surface area contributed by atoms with Crippen molar-refractivity contribution in [1.29, 1.82) is 0 Å². The number of nitrogens with one attached hydrogen (secondary N) is 1. The summed E-state index contributed by atoms with van der Waals surface area (Å²) in [6.07, 6.45) is 5.06. The standard InChI is InChI=1S/C16H20N2O3/c1-10(14-9-11-6-7-12(14)8-11)17-16(19)13-4-2-3-5-15(13)18(20)21/h2-5,10-12,14H,6-9H2,1H3,(H,17,19)/t10-,11+,12+,14+/m0/s1. The monoisotopic (exact) mass is 288 g/mol. The zero-order valence-electron chi connectivity index (χ0n) is 12.1. The van der Waals surface area contributed by atoms with Crippen molar-refractivity contribution in [2.75, 3.05) is 0 Å². The van der Waals surface area contributed by atoms with Crippen LogP contribution in [0.15, 0.2) is 24.3 Å². The molecule has 3 rings (SSSR count). The van der Waals surface area contributed by atoms with E-state index in [4.69, 9.17) is 0 Å². The zero-order valence-corrected chi connectivity index (χ0v) is 12.1. The van der Waals surface area contributed by atoms with Gasteiger partial charge in [-0.3, -0.25) is 14.9 Å². The molecule has 1 amide bonds. The fourth-order valence-electron chi connectivity index (χ4n) is 4.12. The van der Waals surface area contributed by atoms with Crippen LogP contribution < -0.4 is 5.32 Å². The molecular weight excluding hydrogens is 268 g/mol. The molecular formula is C16H20N2O3. The van der Waals surface area contributed by atoms with Crippen LogP contribution in [0.5, 0.6) is 0 Å². The van der Waals surface area contributed by atoms with Crippen molar-refractivity contribution >= 4 is 11.6 Å². The van der Waals surface area contributed by atoms with Gasteiger partial charge in [-0.25, -0.2) is 0 Å². The molecule has 0 radical (unpaired) electrons. The van der Waals surface area contributed by atoms with Gasteiger partial charge in [0.1, 0.15) is 5.56 Å². The number of hydrogen-bond donors (Lipinski definition) is 1. The van der Waals surface area contributed by atoms with Crippen molar-refractivity contribution in [2.45, 2.75) is 38.6 Å². The van der Waals surface area contributed by atoms with Gasteiger partial charge in [0, 0.05) is 12.1 Å². The minimum absolute atomic E-state index is 0.0765. The van der Waals surface area contributed by atoms with Crippen molar-refractivity contribution in [1.82, 2.24) is 5.32 Å². The average Bonchev–Trinajstić information content (AvgIpc) is 3.09. The molecule has 0 unspecified atom stereocenters. The van der Waals surface area contributed by atoms with E-state index in [-0.39, 0.29) is 23.2 Å². The number of hydrogen-bond acceptors (Lipinski definition) is 3. The number of nitro groups is 1. The third kappa shape index (κ3) is 2.64. The van der Waals surface area contributed by atoms with E-state index in [1.165, 1.54) is 37.8 Å². The maximum absolute atomic E-state index is 12.3. The highest BCUT2D eigenvalue weighted by Crippen LogP contribution is 2.49. The molecule has 0 spiro atoms. The summed E-state index contributed by atoms with van der Waals surface area (Å²) in [6, 6.07) is 6.20. The number of fused-ring (bicyclic) bond motifs is 2. The van der Waals surface area contributed by atoms with Gasteiger partial charge in [0.05, 0.1) is 4.92 Å². The molecule has 21 heavy (non-hydrogen) atoms. The zero-order chi connectivity index (χ0) is 15.0. The van der Waals surface area contributed by atoms with Crippen LogP contribution in [-0.2, 0) is 0 Å². The summed E-state index contributed by atoms with van der Waals surface area (Å²) in [5, 5.41) is 14.0. The van der Waals surface area contributed by atoms with E-state index in [2.05, 4.69) is 5.32 Å². The van der Waals surface area contributed by atoms with E-state index in [0.717, 1.165) is 11.8 Å². The lowest BCUT2D eigenvalue weighted by atomic mass is 9.84. The highest BCUT2D eigenvalue weighted by atomic mass is 16.6. The van der Waals surface area contributed by atoms with E-state index in [9.17, 15) is 14.9 Å². The lowest BCUT2D eigenvalue weighted by molar-refractivity contribution is -0.385. The minimum Gasteiger partial charge on any atom is -0.349 e. The van der Waals surface area contributed by atoms with E-state index >= 15 is 0 Å². The van der Waals surface area contributed by atoms with Gasteiger partial charge in [-0.2, -0.15) is 0 Å². The third-order valence-electron chi connectivity index (χ3n) is 5.14. The van der Waals surface area contributed by atoms with Crippen LogP contribution in [-0.4, -0.2) is 16.9 Å². The van der Waals surface area contributed by atoms with Crippen LogP contribution in [0.1, 0.15) is 43.0 Å². The fourth-order valence-corrected chi connectivity index (χ4v) is 4.12. The Morgan fingerprint density at radius 3 is 2.71 bits per heavy atom. The second kappa shape index (κ2) is 5.47. The van der Waals surface area contributed by atoms with Gasteiger partial charge >= 0.3 is 0 Å². The molecule has 1 N–H and O–H groups in total. The SMILES string of the molecule is C[C@H](NC(=O)c1ccccc1[N+](=O)[O-])[C@H]1C[C@@H]2CC[C@@H]1C2. The molecule has 1 aromatic carbocycles. The minimum atomic E-state index is -0.503. The summed E-state index contributed by atoms with van der Waals surface area (Å²) < 4.78 is 0. The van der Waals surface area contributed by atoms with Crippen LogP contribution in [0.2, 0.25) is 0 Å². The van der Waals surface area contributed by atoms with Gasteiger partial charge in [-0.1, -0.05) is 18.6 Å². The molecule has 0 heterocycles. The number of benzene rings is 1. The molecule has 0 aromatic heterocycles. The second-order valence-corrected chi connectivity index (χ2v) is 6.38. The number of carbonyl (C=O) groups excluding carboxylic acids is 1. The van der Waals surface area contributed by atoms with Crippen LogP contribution in [0.4, 0.5) is 5.69 Å². The molecule has 0 aliphatic heterocycles. The summed E-state index contributed by atoms with van der Waals surface area (Å²) in [4.78, 5) is 22.8. The van der Waals surface area contributed by atoms with Gasteiger partial charge in [-0.15, -0.1) is 0 Å². The molecule has 2 aliphatic carbocycles. The highest BCUT2D eigenvalue weighted by molar-refractivity contribution is 5.98. The molecule has 1 aromatic rings. The van der Waals surface area contributed by atoms with Gasteiger partial charge in [-0.05, 0) is 50.0 Å². The Morgan fingerprint density at radius 2 is 2.10 bits per heavy atom. The second-order valence-electron chi connectivity index (χ2n) is 6.38. The quantitative estimate of drug-likeness (QED) is 0.683. The molecule has 112 valence electrons. The maximum atomic E-state index is 12.3. The molecule has 4 atom stereocenters. The van der Waals surface area contributed by atoms with Crippen molar-refractivity contribution < 1.29 is 9.72 Å². The summed E-state index contributed by atoms with van der Waals surface area (Å²) in [5.74, 6) is 1.73. The van der Waals surface area contributed by atoms with Crippen LogP contribution in [0.25, 0.3) is 0 Å². The Hall–Kier alpha value is -1.91. The molecule has 5 nitrogen and oxygen atoms in total. The molecule has 0 saturated heterocycles. The Bertz CT molecular complexity index is 572. The first-order chi connectivity index (χ1) is 10.1. The lowest BCUT2D eigenvalue weighted by Crippen LogP contribution is -2.40. The molecule has 2 aliphatic rings. The largest absolute Gasteiger partial charge is 0.349 e. The van der Waals surface area contributed by atoms with E-state index in [1.807, 2.05) is 6.92 Å². The van der Waals surface area contributed by atoms with Crippen molar-refractivity contribution in [2.24, 2.45) is 17.8 Å². The van der Waals surface area contributed by atoms with Gasteiger partial charge in [0.25, 0.3) is 11.6 Å². The number of para-hydroxylation sites is 1. The maximum Gasteiger partial charge on any atom is 0.282 e. The Balaban J connectivity index is 1.70. The van der Waals surface area contributed by atoms with E-state index in [1.54, 1.807) is 12.1 Å². The Morgan fingerprint density at radius 1 is 1.33 bits per heavy atom. The van der Waals surface area contributed by atoms with Crippen LogP contribution >= 0.6 is 0 Å². The van der Waals surface area contributed by atoms with Crippen LogP contribution in [0.3, 0.4) is 0 Å². The van der Waals surface area contributed by atoms with Crippen molar-refractivity contribution in [3.63, 3.8) is 0 Å². The molecule has 2 saturated carbocycles. The van der Waals surface area contributed by atoms with E-state index in [0.29, 0.717) is 5.92 Å². The first-order valence-corrected chi connectivity index (χ1v) is 7.60. The summed E-state index contributed by atoms with van der Waals surface area (Å²) in [6.45, 7) is 2.03. The highest BCUT2D eigenvalue weighted by Gasteiger charge is 2.42. The number of nitro benzene ring substituents is 1. The Labute approximate surface area is 123 Å². The predicted octanol–water partition coefficient (Wildman–Crippen LogP) is 3.15. The van der Waals surface area contributed by atoms with Gasteiger partial charge < -0.3 is 5.32 Å². The number of carbonyl (C=O) groups is 1. The van der Waals surface area contributed by atoms with E-state index < -0.39 is 4.92 Å². The third-order valence-corrected chi connectivity index (χ3v) is 5.14. The first-order valence-electron chi connectivity index (χ1n) is 7.60. The topological polar surface area (TPSA) is 72.2 Å². The Kier molecular flexibility index (Phi) is 3.66. The summed E-state index contributed by atoms with van der Waals surface area (Å²) >= 11 is 0. The molecule has 5 heteroatoms. The molecule has 2 bridgehead atoms. The average molecular weight is 288 g/mol. The normalized spacial score (nSPS) is 28.3. The van der Waals surface area contributed by atoms with Crippen molar-refractivity contribution in [3.05, 3.63) is 39.9 Å². The lowest BCUT2D eigenvalue weighted by Gasteiger charge is -2.28. The molecule has 2 fully saturated rings. The van der Waals surface area contributed by atoms with Gasteiger partial charge in [0.15, 0.2) is 0 Å². The number of nitrogens with zero attached hydrogens (tertiary/aromatic N) is 1. The van der Waals surface area contributed by atoms with Crippen LogP contribution in [0, 0.1) is 27.9 Å². The predicted molar refractivity (Wildman–Crippen MR) is 79.0 cm³/mol. The summed E-state index contributed by atoms with van der Waals surface area (Å²) in [7, 11) is 0. The van der Waals surface area contributed by atoms with Crippen molar-refractivity contribution in [3.8, 4) is 0 Å².